The smallest absolute Gasteiger partial charge is 0.0469 e. The first kappa shape index (κ1) is 9.30. The molecule has 0 heterocycles. The van der Waals surface area contributed by atoms with E-state index in [4.69, 9.17) is 23.2 Å². The number of hydrogen-bond donors (Lipinski definition) is 0. The fourth-order valence-corrected chi connectivity index (χ4v) is 6.00. The molecule has 0 N–H and O–H groups in total. The van der Waals surface area contributed by atoms with Gasteiger partial charge < -0.3 is 0 Å². The largest absolute Gasteiger partial charge is 0.119 e. The molecule has 4 aliphatic carbocycles. The molecule has 4 bridgehead atoms. The second-order valence-electron chi connectivity index (χ2n) is 5.26. The molecule has 0 aromatic heterocycles. The van der Waals surface area contributed by atoms with Crippen molar-refractivity contribution >= 4 is 39.1 Å². The van der Waals surface area contributed by atoms with Gasteiger partial charge in [0.25, 0.3) is 0 Å². The van der Waals surface area contributed by atoms with Crippen LogP contribution in [0.1, 0.15) is 32.1 Å². The highest BCUT2D eigenvalue weighted by molar-refractivity contribution is 9.09. The summed E-state index contributed by atoms with van der Waals surface area (Å²) in [6, 6.07) is 0. The summed E-state index contributed by atoms with van der Waals surface area (Å²) in [7, 11) is 0. The SMILES string of the molecule is ClC12CC3CC(Cl)(CC(C1)C3Br)C2. The van der Waals surface area contributed by atoms with E-state index >= 15 is 0 Å². The van der Waals surface area contributed by atoms with E-state index in [2.05, 4.69) is 15.9 Å². The Morgan fingerprint density at radius 3 is 1.69 bits per heavy atom. The van der Waals surface area contributed by atoms with Gasteiger partial charge >= 0.3 is 0 Å². The summed E-state index contributed by atoms with van der Waals surface area (Å²) in [5, 5.41) is 0. The molecule has 0 saturated heterocycles. The van der Waals surface area contributed by atoms with E-state index in [1.54, 1.807) is 0 Å². The highest BCUT2D eigenvalue weighted by Crippen LogP contribution is 2.63. The van der Waals surface area contributed by atoms with Crippen molar-refractivity contribution in [3.8, 4) is 0 Å². The van der Waals surface area contributed by atoms with E-state index in [0.717, 1.165) is 18.3 Å². The van der Waals surface area contributed by atoms with Crippen LogP contribution in [0.5, 0.6) is 0 Å². The van der Waals surface area contributed by atoms with Gasteiger partial charge in [-0.2, -0.15) is 0 Å². The van der Waals surface area contributed by atoms with E-state index in [-0.39, 0.29) is 9.75 Å². The van der Waals surface area contributed by atoms with Crippen molar-refractivity contribution in [2.24, 2.45) is 11.8 Å². The normalized spacial score (nSPS) is 64.4. The first-order valence-electron chi connectivity index (χ1n) is 5.02. The zero-order valence-corrected chi connectivity index (χ0v) is 10.5. The highest BCUT2D eigenvalue weighted by Gasteiger charge is 2.59. The average Bonchev–Trinajstić information content (AvgIpc) is 1.94. The second-order valence-corrected chi connectivity index (χ2v) is 7.92. The predicted octanol–water partition coefficient (Wildman–Crippen LogP) is 3.93. The maximum absolute atomic E-state index is 6.58. The lowest BCUT2D eigenvalue weighted by molar-refractivity contribution is 0.0602. The molecule has 0 aliphatic heterocycles. The van der Waals surface area contributed by atoms with Gasteiger partial charge in [0.1, 0.15) is 0 Å². The molecule has 4 aliphatic rings. The molecule has 4 rings (SSSR count). The molecule has 0 radical (unpaired) electrons. The van der Waals surface area contributed by atoms with Gasteiger partial charge in [-0.3, -0.25) is 0 Å². The van der Waals surface area contributed by atoms with E-state index in [0.29, 0.717) is 4.83 Å². The average molecular weight is 284 g/mol. The van der Waals surface area contributed by atoms with Crippen LogP contribution in [-0.2, 0) is 0 Å². The lowest BCUT2D eigenvalue weighted by Crippen LogP contribution is -2.58. The van der Waals surface area contributed by atoms with E-state index < -0.39 is 0 Å². The van der Waals surface area contributed by atoms with Crippen molar-refractivity contribution in [1.29, 1.82) is 0 Å². The molecule has 13 heavy (non-hydrogen) atoms. The summed E-state index contributed by atoms with van der Waals surface area (Å²) in [5.41, 5.74) is 0. The Kier molecular flexibility index (Phi) is 1.86. The van der Waals surface area contributed by atoms with Crippen molar-refractivity contribution < 1.29 is 0 Å². The van der Waals surface area contributed by atoms with Crippen molar-refractivity contribution in [1.82, 2.24) is 0 Å². The molecule has 74 valence electrons. The Morgan fingerprint density at radius 1 is 0.923 bits per heavy atom. The summed E-state index contributed by atoms with van der Waals surface area (Å²) in [4.78, 5) is 0.793. The van der Waals surface area contributed by atoms with Gasteiger partial charge in [-0.05, 0) is 43.9 Å². The molecule has 0 aromatic rings. The number of rotatable bonds is 0. The van der Waals surface area contributed by atoms with Crippen LogP contribution in [0.3, 0.4) is 0 Å². The van der Waals surface area contributed by atoms with Crippen molar-refractivity contribution in [3.05, 3.63) is 0 Å². The topological polar surface area (TPSA) is 0 Å². The summed E-state index contributed by atoms with van der Waals surface area (Å²) in [6.45, 7) is 0. The third-order valence-electron chi connectivity index (χ3n) is 4.05. The van der Waals surface area contributed by atoms with Crippen LogP contribution in [-0.4, -0.2) is 14.6 Å². The first-order chi connectivity index (χ1) is 6.00. The fourth-order valence-electron chi connectivity index (χ4n) is 3.88. The fraction of sp³-hybridized carbons (Fsp3) is 1.00. The van der Waals surface area contributed by atoms with Gasteiger partial charge in [0.2, 0.25) is 0 Å². The monoisotopic (exact) mass is 282 g/mol. The van der Waals surface area contributed by atoms with Crippen LogP contribution in [0.25, 0.3) is 0 Å². The predicted molar refractivity (Wildman–Crippen MR) is 59.9 cm³/mol. The Bertz CT molecular complexity index is 217. The lowest BCUT2D eigenvalue weighted by Gasteiger charge is -2.59. The van der Waals surface area contributed by atoms with Crippen LogP contribution in [0.15, 0.2) is 0 Å². The van der Waals surface area contributed by atoms with Gasteiger partial charge in [-0.1, -0.05) is 15.9 Å². The van der Waals surface area contributed by atoms with Crippen molar-refractivity contribution in [2.75, 3.05) is 0 Å². The van der Waals surface area contributed by atoms with Crippen molar-refractivity contribution in [3.63, 3.8) is 0 Å². The van der Waals surface area contributed by atoms with Gasteiger partial charge in [0, 0.05) is 14.6 Å². The summed E-state index contributed by atoms with van der Waals surface area (Å²) in [6.07, 6.45) is 5.74. The summed E-state index contributed by atoms with van der Waals surface area (Å²) in [5.74, 6) is 1.47. The quantitative estimate of drug-likeness (QED) is 0.591. The zero-order chi connectivity index (χ0) is 9.27. The Labute approximate surface area is 97.5 Å². The second kappa shape index (κ2) is 2.59. The third-order valence-corrected chi connectivity index (χ3v) is 6.43. The molecule has 4 fully saturated rings. The molecule has 4 saturated carbocycles. The molecular formula is C10H13BrCl2. The van der Waals surface area contributed by atoms with Crippen LogP contribution in [0.4, 0.5) is 0 Å². The Morgan fingerprint density at radius 2 is 1.31 bits per heavy atom. The maximum Gasteiger partial charge on any atom is 0.0469 e. The number of alkyl halides is 3. The van der Waals surface area contributed by atoms with Crippen molar-refractivity contribution in [2.45, 2.75) is 46.7 Å². The molecule has 0 amide bonds. The molecule has 0 nitrogen and oxygen atoms in total. The highest BCUT2D eigenvalue weighted by atomic mass is 79.9. The number of halogens is 3. The minimum atomic E-state index is 0.0534. The number of hydrogen-bond acceptors (Lipinski definition) is 0. The van der Waals surface area contributed by atoms with E-state index in [1.807, 2.05) is 0 Å². The molecule has 0 spiro atoms. The molecule has 3 heteroatoms. The van der Waals surface area contributed by atoms with Gasteiger partial charge in [-0.15, -0.1) is 23.2 Å². The molecule has 0 unspecified atom stereocenters. The lowest BCUT2D eigenvalue weighted by atomic mass is 9.55. The Hall–Kier alpha value is 1.06. The van der Waals surface area contributed by atoms with Crippen LogP contribution >= 0.6 is 39.1 Å². The minimum Gasteiger partial charge on any atom is -0.119 e. The van der Waals surface area contributed by atoms with Crippen LogP contribution in [0.2, 0.25) is 0 Å². The molecule has 0 atom stereocenters. The minimum absolute atomic E-state index is 0.0534. The zero-order valence-electron chi connectivity index (χ0n) is 7.40. The molecular weight excluding hydrogens is 271 g/mol. The van der Waals surface area contributed by atoms with E-state index in [9.17, 15) is 0 Å². The molecule has 0 aromatic carbocycles. The van der Waals surface area contributed by atoms with Gasteiger partial charge in [0.15, 0.2) is 0 Å². The van der Waals surface area contributed by atoms with Gasteiger partial charge in [-0.25, -0.2) is 0 Å². The Balaban J connectivity index is 1.99. The third kappa shape index (κ3) is 1.30. The maximum atomic E-state index is 6.58. The summed E-state index contributed by atoms with van der Waals surface area (Å²) < 4.78 is 0. The van der Waals surface area contributed by atoms with Crippen LogP contribution in [0, 0.1) is 11.8 Å². The first-order valence-corrected chi connectivity index (χ1v) is 6.69. The standard InChI is InChI=1S/C10H13BrCl2/c11-8-6-1-9(12)3-7(8)4-10(13,2-6)5-9/h6-8H,1-5H2. The van der Waals surface area contributed by atoms with Crippen LogP contribution < -0.4 is 0 Å². The van der Waals surface area contributed by atoms with E-state index in [1.165, 1.54) is 25.7 Å². The van der Waals surface area contributed by atoms with Gasteiger partial charge in [0.05, 0.1) is 0 Å². The summed E-state index contributed by atoms with van der Waals surface area (Å²) >= 11 is 17.0.